The van der Waals surface area contributed by atoms with Crippen molar-refractivity contribution in [2.75, 3.05) is 0 Å². The number of carbonyl (C=O) groups excluding carboxylic acids is 4. The van der Waals surface area contributed by atoms with E-state index in [9.17, 15) is 39.6 Å². The molecular formula is C45H54O8. The van der Waals surface area contributed by atoms with Gasteiger partial charge in [0.25, 0.3) is 0 Å². The molecule has 0 saturated carbocycles. The molecule has 8 nitrogen and oxygen atoms in total. The van der Waals surface area contributed by atoms with Crippen LogP contribution in [0.15, 0.2) is 60.2 Å². The smallest absolute Gasteiger partial charge is 0.162 e. The average Bonchev–Trinajstić information content (AvgIpc) is 3.12. The van der Waals surface area contributed by atoms with Crippen molar-refractivity contribution in [2.45, 2.75) is 118 Å². The van der Waals surface area contributed by atoms with Gasteiger partial charge in [-0.1, -0.05) is 41.2 Å². The number of ketones is 4. The first-order valence-electron chi connectivity index (χ1n) is 19.0. The third kappa shape index (κ3) is 9.79. The Bertz CT molecular complexity index is 1930. The van der Waals surface area contributed by atoms with Crippen LogP contribution in [0.25, 0.3) is 0 Å². The number of phenols is 3. The minimum Gasteiger partial charge on any atom is -0.507 e. The highest BCUT2D eigenvalue weighted by molar-refractivity contribution is 5.99. The van der Waals surface area contributed by atoms with E-state index in [4.69, 9.17) is 0 Å². The van der Waals surface area contributed by atoms with E-state index in [1.165, 1.54) is 0 Å². The van der Waals surface area contributed by atoms with E-state index in [1.807, 2.05) is 27.7 Å². The third-order valence-corrected chi connectivity index (χ3v) is 10.0. The lowest BCUT2D eigenvalue weighted by Gasteiger charge is -2.25. The predicted molar refractivity (Wildman–Crippen MR) is 207 cm³/mol. The van der Waals surface area contributed by atoms with Crippen LogP contribution in [0.1, 0.15) is 150 Å². The van der Waals surface area contributed by atoms with Crippen molar-refractivity contribution in [1.29, 1.82) is 0 Å². The summed E-state index contributed by atoms with van der Waals surface area (Å²) in [5.41, 5.74) is 3.91. The molecule has 0 aromatic heterocycles. The molecule has 0 amide bonds. The van der Waals surface area contributed by atoms with Crippen molar-refractivity contribution < 1.29 is 39.6 Å². The summed E-state index contributed by atoms with van der Waals surface area (Å²) in [6.45, 7) is 13.4. The zero-order valence-electron chi connectivity index (χ0n) is 31.8. The van der Waals surface area contributed by atoms with Crippen LogP contribution in [-0.2, 0) is 30.5 Å². The van der Waals surface area contributed by atoms with Crippen LogP contribution < -0.4 is 0 Å². The molecule has 1 aliphatic rings. The van der Waals surface area contributed by atoms with E-state index in [0.29, 0.717) is 87.7 Å². The molecule has 3 aromatic rings. The number of rotatable bonds is 13. The van der Waals surface area contributed by atoms with Crippen molar-refractivity contribution in [1.82, 2.24) is 0 Å². The Labute approximate surface area is 313 Å². The molecule has 4 rings (SSSR count). The fourth-order valence-electron chi connectivity index (χ4n) is 7.09. The van der Waals surface area contributed by atoms with Gasteiger partial charge in [-0.3, -0.25) is 19.2 Å². The fraction of sp³-hybridized carbons (Fsp3) is 0.422. The summed E-state index contributed by atoms with van der Waals surface area (Å²) in [6, 6.07) is 9.69. The zero-order valence-corrected chi connectivity index (χ0v) is 31.8. The van der Waals surface area contributed by atoms with Gasteiger partial charge >= 0.3 is 0 Å². The van der Waals surface area contributed by atoms with Gasteiger partial charge in [0, 0.05) is 60.8 Å². The molecule has 4 N–H and O–H groups in total. The summed E-state index contributed by atoms with van der Waals surface area (Å²) in [4.78, 5) is 52.9. The van der Waals surface area contributed by atoms with Gasteiger partial charge in [-0.05, 0) is 126 Å². The molecule has 0 heterocycles. The van der Waals surface area contributed by atoms with E-state index >= 15 is 0 Å². The number of phenolic OH excluding ortho intramolecular Hbond substituents is 3. The molecule has 53 heavy (non-hydrogen) atoms. The minimum atomic E-state index is -1.17. The Morgan fingerprint density at radius 1 is 0.604 bits per heavy atom. The average molecular weight is 723 g/mol. The second kappa shape index (κ2) is 18.3. The van der Waals surface area contributed by atoms with E-state index in [2.05, 4.69) is 6.58 Å². The van der Waals surface area contributed by atoms with Gasteiger partial charge < -0.3 is 20.4 Å². The summed E-state index contributed by atoms with van der Waals surface area (Å²) in [6.07, 6.45) is 4.00. The lowest BCUT2D eigenvalue weighted by atomic mass is 9.83. The van der Waals surface area contributed by atoms with E-state index in [0.717, 1.165) is 0 Å². The molecule has 8 heteroatoms. The van der Waals surface area contributed by atoms with E-state index in [1.54, 1.807) is 49.4 Å². The zero-order chi connectivity index (χ0) is 39.0. The third-order valence-electron chi connectivity index (χ3n) is 10.0. The lowest BCUT2D eigenvalue weighted by Crippen LogP contribution is -2.24. The summed E-state index contributed by atoms with van der Waals surface area (Å²) in [5, 5.41) is 47.3. The molecule has 0 spiro atoms. The molecule has 282 valence electrons. The maximum Gasteiger partial charge on any atom is 0.162 e. The lowest BCUT2D eigenvalue weighted by molar-refractivity contribution is -0.115. The van der Waals surface area contributed by atoms with Crippen molar-refractivity contribution in [3.63, 3.8) is 0 Å². The molecule has 2 atom stereocenters. The number of hydrogen-bond acceptors (Lipinski definition) is 8. The van der Waals surface area contributed by atoms with Crippen molar-refractivity contribution in [2.24, 2.45) is 5.92 Å². The van der Waals surface area contributed by atoms with E-state index < -0.39 is 12.0 Å². The monoisotopic (exact) mass is 722 g/mol. The second-order valence-corrected chi connectivity index (χ2v) is 14.5. The molecule has 0 aliphatic heterocycles. The fourth-order valence-corrected chi connectivity index (χ4v) is 7.09. The SMILES string of the molecule is C=C(/C=C1/Cc2cc(C(=O)CCC)cc(c2O)Cc2cc(C(=O)CCC)cc(c2O)Cc2cc(C(=O)CCC)cc(c2O)CC(C)C1O)C(=O)CCC. The molecule has 0 radical (unpaired) electrons. The number of carbonyl (C=O) groups is 4. The van der Waals surface area contributed by atoms with Crippen molar-refractivity contribution >= 4 is 23.1 Å². The van der Waals surface area contributed by atoms with Crippen LogP contribution in [0.4, 0.5) is 0 Å². The maximum atomic E-state index is 13.4. The molecule has 3 aromatic carbocycles. The Morgan fingerprint density at radius 3 is 1.32 bits per heavy atom. The predicted octanol–water partition coefficient (Wildman–Crippen LogP) is 8.88. The highest BCUT2D eigenvalue weighted by Gasteiger charge is 2.27. The maximum absolute atomic E-state index is 13.4. The summed E-state index contributed by atoms with van der Waals surface area (Å²) >= 11 is 0. The molecule has 1 aliphatic carbocycles. The topological polar surface area (TPSA) is 149 Å². The van der Waals surface area contributed by atoms with Gasteiger partial charge in [0.1, 0.15) is 17.2 Å². The number of aromatic hydroxyl groups is 3. The van der Waals surface area contributed by atoms with Gasteiger partial charge in [0.15, 0.2) is 23.1 Å². The summed E-state index contributed by atoms with van der Waals surface area (Å²) in [7, 11) is 0. The van der Waals surface area contributed by atoms with Crippen LogP contribution in [0, 0.1) is 5.92 Å². The first-order chi connectivity index (χ1) is 25.2. The first-order valence-corrected chi connectivity index (χ1v) is 19.0. The van der Waals surface area contributed by atoms with Gasteiger partial charge in [-0.15, -0.1) is 0 Å². The Kier molecular flexibility index (Phi) is 14.1. The van der Waals surface area contributed by atoms with Crippen molar-refractivity contribution in [3.8, 4) is 17.2 Å². The molecular weight excluding hydrogens is 668 g/mol. The number of aliphatic hydroxyl groups excluding tert-OH is 1. The largest absolute Gasteiger partial charge is 0.507 e. The quantitative estimate of drug-likeness (QED) is 0.101. The first kappa shape index (κ1) is 40.9. The molecule has 0 fully saturated rings. The van der Waals surface area contributed by atoms with Crippen LogP contribution in [0.2, 0.25) is 0 Å². The number of hydrogen-bond donors (Lipinski definition) is 4. The van der Waals surface area contributed by atoms with Crippen LogP contribution >= 0.6 is 0 Å². The van der Waals surface area contributed by atoms with E-state index in [-0.39, 0.29) is 90.9 Å². The second-order valence-electron chi connectivity index (χ2n) is 14.5. The molecule has 0 saturated heterocycles. The molecule has 6 bridgehead atoms. The van der Waals surface area contributed by atoms with Crippen molar-refractivity contribution in [3.05, 3.63) is 110 Å². The highest BCUT2D eigenvalue weighted by Crippen LogP contribution is 2.38. The van der Waals surface area contributed by atoms with Crippen LogP contribution in [0.5, 0.6) is 17.2 Å². The summed E-state index contributed by atoms with van der Waals surface area (Å²) in [5.74, 6) is -1.45. The number of benzene rings is 3. The number of Topliss-reactive ketones (excluding diaryl/α,β-unsaturated/α-hetero) is 4. The molecule has 2 unspecified atom stereocenters. The highest BCUT2D eigenvalue weighted by atomic mass is 16.3. The number of allylic oxidation sites excluding steroid dienone is 2. The van der Waals surface area contributed by atoms with Gasteiger partial charge in [0.2, 0.25) is 0 Å². The Balaban J connectivity index is 2.07. The number of fused-ring (bicyclic) bond motifs is 6. The minimum absolute atomic E-state index is 0.00807. The van der Waals surface area contributed by atoms with Gasteiger partial charge in [-0.25, -0.2) is 0 Å². The normalized spacial score (nSPS) is 16.7. The van der Waals surface area contributed by atoms with Gasteiger partial charge in [0.05, 0.1) is 6.10 Å². The Hall–Kier alpha value is -4.82. The number of aliphatic hydroxyl groups is 1. The van der Waals surface area contributed by atoms with Crippen LogP contribution in [-0.4, -0.2) is 49.7 Å². The van der Waals surface area contributed by atoms with Gasteiger partial charge in [-0.2, -0.15) is 0 Å². The Morgan fingerprint density at radius 2 is 0.943 bits per heavy atom. The standard InChI is InChI=1S/C45H54O8/c1-7-11-38(46)26(5)15-31-23-33-19-29(40(48)13-9-3)20-36(44(33)52)25-37-22-30(41(49)14-10-4)21-35(45(37)53)24-34-18-28(39(47)12-8-2)17-32(43(34)51)16-27(6)42(31)50/h15,17-22,27,42,50-53H,5,7-14,16,23-25H2,1-4,6H3/b31-15-. The van der Waals surface area contributed by atoms with Crippen LogP contribution in [0.3, 0.4) is 0 Å². The summed E-state index contributed by atoms with van der Waals surface area (Å²) < 4.78 is 0.